The molecule has 1 heterocycles. The van der Waals surface area contributed by atoms with Crippen LogP contribution in [0.3, 0.4) is 0 Å². The smallest absolute Gasteiger partial charge is 0.387 e. The molecule has 0 saturated heterocycles. The highest BCUT2D eigenvalue weighted by Gasteiger charge is 2.44. The number of aromatic nitrogens is 1. The molecule has 0 bridgehead atoms. The van der Waals surface area contributed by atoms with Gasteiger partial charge in [0, 0.05) is 11.1 Å². The van der Waals surface area contributed by atoms with Gasteiger partial charge >= 0.3 is 14.0 Å². The molecule has 180 valence electrons. The third kappa shape index (κ3) is 6.21. The molecule has 3 aromatic rings. The van der Waals surface area contributed by atoms with E-state index in [9.17, 15) is 19.4 Å². The third-order valence-electron chi connectivity index (χ3n) is 5.68. The predicted molar refractivity (Wildman–Crippen MR) is 137 cm³/mol. The van der Waals surface area contributed by atoms with Crippen LogP contribution in [0.2, 0.25) is 0 Å². The summed E-state index contributed by atoms with van der Waals surface area (Å²) in [5.74, 6) is -0.990. The minimum absolute atomic E-state index is 0.138. The molecule has 1 aromatic heterocycles. The minimum Gasteiger partial charge on any atom is -0.387 e. The fourth-order valence-electron chi connectivity index (χ4n) is 4.29. The Bertz CT molecular complexity index is 1260. The number of terminal acetylenes is 1. The number of hydrogen-bond donors (Lipinski definition) is 2. The summed E-state index contributed by atoms with van der Waals surface area (Å²) in [5, 5.41) is 11.0. The van der Waals surface area contributed by atoms with Crippen molar-refractivity contribution in [3.05, 3.63) is 77.0 Å². The van der Waals surface area contributed by atoms with Crippen LogP contribution in [0.4, 0.5) is 0 Å². The number of hydrogen-bond acceptors (Lipinski definition) is 5. The van der Waals surface area contributed by atoms with E-state index >= 15 is 0 Å². The number of aryl methyl sites for hydroxylation is 2. The van der Waals surface area contributed by atoms with Crippen LogP contribution < -0.4 is 0 Å². The van der Waals surface area contributed by atoms with Crippen molar-refractivity contribution >= 4 is 14.0 Å². The summed E-state index contributed by atoms with van der Waals surface area (Å²) >= 11 is 0. The van der Waals surface area contributed by atoms with Crippen LogP contribution >= 0.6 is 8.03 Å². The highest BCUT2D eigenvalue weighted by atomic mass is 31.1. The summed E-state index contributed by atoms with van der Waals surface area (Å²) in [6.07, 6.45) is 4.77. The van der Waals surface area contributed by atoms with Gasteiger partial charge < -0.3 is 9.84 Å². The largest absolute Gasteiger partial charge is 0.516 e. The number of aliphatic hydroxyl groups is 1. The lowest BCUT2D eigenvalue weighted by molar-refractivity contribution is -0.139. The average molecular weight is 491 g/mol. The first-order chi connectivity index (χ1) is 16.6. The number of benzene rings is 2. The van der Waals surface area contributed by atoms with Crippen molar-refractivity contribution in [1.82, 2.24) is 4.98 Å². The number of carbonyl (C=O) groups is 1. The Balaban J connectivity index is 2.35. The normalized spacial score (nSPS) is 13.1. The van der Waals surface area contributed by atoms with Gasteiger partial charge in [0.05, 0.1) is 17.8 Å². The van der Waals surface area contributed by atoms with Crippen molar-refractivity contribution < 1.29 is 24.1 Å². The molecule has 2 aromatic carbocycles. The number of aliphatic hydroxyl groups excluding tert-OH is 1. The van der Waals surface area contributed by atoms with Gasteiger partial charge in [0.25, 0.3) is 0 Å². The second kappa shape index (κ2) is 11.4. The fraction of sp³-hybridized carbons (Fsp3) is 0.286. The molecule has 3 rings (SSSR count). The number of rotatable bonds is 8. The average Bonchev–Trinajstić information content (AvgIpc) is 2.78. The second-order valence-corrected chi connectivity index (χ2v) is 10.0. The van der Waals surface area contributed by atoms with Gasteiger partial charge in [0.2, 0.25) is 5.66 Å². The molecule has 0 radical (unpaired) electrons. The van der Waals surface area contributed by atoms with Crippen molar-refractivity contribution in [3.8, 4) is 34.9 Å². The van der Waals surface area contributed by atoms with Crippen LogP contribution in [0.25, 0.3) is 22.4 Å². The number of ether oxygens (including phenoxy) is 1. The first kappa shape index (κ1) is 26.2. The van der Waals surface area contributed by atoms with E-state index in [2.05, 4.69) is 4.74 Å². The van der Waals surface area contributed by atoms with E-state index in [4.69, 9.17) is 11.4 Å². The molecule has 35 heavy (non-hydrogen) atoms. The number of esters is 1. The molecular formula is C28H29NO5P+. The maximum absolute atomic E-state index is 12.7. The molecule has 0 amide bonds. The zero-order valence-electron chi connectivity index (χ0n) is 20.2. The van der Waals surface area contributed by atoms with Crippen LogP contribution in [0.15, 0.2) is 54.6 Å². The second-order valence-electron chi connectivity index (χ2n) is 8.86. The van der Waals surface area contributed by atoms with Crippen molar-refractivity contribution in [2.45, 2.75) is 51.8 Å². The van der Waals surface area contributed by atoms with Gasteiger partial charge in [-0.2, -0.15) is 4.89 Å². The van der Waals surface area contributed by atoms with Gasteiger partial charge in [-0.1, -0.05) is 79.9 Å². The minimum atomic E-state index is -2.95. The maximum atomic E-state index is 12.7. The molecule has 2 N–H and O–H groups in total. The van der Waals surface area contributed by atoms with E-state index in [0.29, 0.717) is 22.5 Å². The van der Waals surface area contributed by atoms with Gasteiger partial charge in [-0.15, -0.1) is 0 Å². The van der Waals surface area contributed by atoms with Crippen LogP contribution in [-0.4, -0.2) is 27.1 Å². The Morgan fingerprint density at radius 1 is 1.09 bits per heavy atom. The van der Waals surface area contributed by atoms with E-state index in [1.807, 2.05) is 82.3 Å². The number of nitrogens with zero attached hydrogens (tertiary/aromatic N) is 1. The third-order valence-corrected chi connectivity index (χ3v) is 6.76. The van der Waals surface area contributed by atoms with E-state index in [1.165, 1.54) is 0 Å². The van der Waals surface area contributed by atoms with Crippen molar-refractivity contribution in [3.63, 3.8) is 0 Å². The first-order valence-corrected chi connectivity index (χ1v) is 12.6. The van der Waals surface area contributed by atoms with Gasteiger partial charge in [0.1, 0.15) is 12.2 Å². The molecular weight excluding hydrogens is 461 g/mol. The molecule has 0 fully saturated rings. The van der Waals surface area contributed by atoms with Crippen LogP contribution in [0, 0.1) is 26.4 Å². The van der Waals surface area contributed by atoms with E-state index in [0.717, 1.165) is 22.3 Å². The summed E-state index contributed by atoms with van der Waals surface area (Å²) in [6.45, 7) is 7.83. The fourth-order valence-corrected chi connectivity index (χ4v) is 5.18. The summed E-state index contributed by atoms with van der Waals surface area (Å²) in [7, 11) is -2.95. The Morgan fingerprint density at radius 3 is 2.26 bits per heavy atom. The first-order valence-electron chi connectivity index (χ1n) is 11.3. The van der Waals surface area contributed by atoms with Gasteiger partial charge in [-0.05, 0) is 41.5 Å². The van der Waals surface area contributed by atoms with E-state index in [1.54, 1.807) is 6.11 Å². The lowest BCUT2D eigenvalue weighted by Crippen LogP contribution is -2.23. The van der Waals surface area contributed by atoms with E-state index < -0.39 is 32.2 Å². The maximum Gasteiger partial charge on any atom is 0.516 e. The molecule has 3 unspecified atom stereocenters. The van der Waals surface area contributed by atoms with Gasteiger partial charge in [-0.25, -0.2) is 0 Å². The highest BCUT2D eigenvalue weighted by Crippen LogP contribution is 2.48. The van der Waals surface area contributed by atoms with Crippen molar-refractivity contribution in [2.75, 3.05) is 0 Å². The predicted octanol–water partition coefficient (Wildman–Crippen LogP) is 5.82. The lowest BCUT2D eigenvalue weighted by Gasteiger charge is -2.22. The standard InChI is InChI=1S/C28H28NO5P/c1-6-34-25(31)16-24(30)28(35(32)33)26-22(21-13-18(4)12-19(5)14-21)15-23(29-27(26)17(2)3)20-10-8-7-9-11-20/h1,7-15,17,24,28,30H,16H2,2-5H3/p+1. The molecule has 3 atom stereocenters. The summed E-state index contributed by atoms with van der Waals surface area (Å²) in [4.78, 5) is 27.3. The zero-order valence-corrected chi connectivity index (χ0v) is 21.1. The molecule has 0 spiro atoms. The monoisotopic (exact) mass is 490 g/mol. The van der Waals surface area contributed by atoms with Crippen LogP contribution in [0.5, 0.6) is 0 Å². The molecule has 0 aliphatic heterocycles. The van der Waals surface area contributed by atoms with Crippen molar-refractivity contribution in [2.24, 2.45) is 0 Å². The zero-order chi connectivity index (χ0) is 25.7. The Labute approximate surface area is 206 Å². The molecule has 6 nitrogen and oxygen atoms in total. The Hall–Kier alpha value is -3.36. The highest BCUT2D eigenvalue weighted by molar-refractivity contribution is 7.38. The quantitative estimate of drug-likeness (QED) is 0.235. The lowest BCUT2D eigenvalue weighted by atomic mass is 9.87. The summed E-state index contributed by atoms with van der Waals surface area (Å²) in [6, 6.07) is 17.6. The SMILES string of the molecule is C#COC(=O)CC(O)C(c1c(-c2cc(C)cc(C)c2)cc(-c2ccccc2)nc1C(C)C)[P+](=O)O. The number of carbonyl (C=O) groups excluding carboxylic acids is 1. The Kier molecular flexibility index (Phi) is 8.53. The van der Waals surface area contributed by atoms with Crippen molar-refractivity contribution in [1.29, 1.82) is 0 Å². The van der Waals surface area contributed by atoms with Gasteiger partial charge in [-0.3, -0.25) is 9.78 Å². The van der Waals surface area contributed by atoms with Gasteiger partial charge in [0.15, 0.2) is 0 Å². The summed E-state index contributed by atoms with van der Waals surface area (Å²) < 4.78 is 17.2. The topological polar surface area (TPSA) is 96.7 Å². The van der Waals surface area contributed by atoms with E-state index in [-0.39, 0.29) is 5.92 Å². The molecule has 0 saturated carbocycles. The molecule has 7 heteroatoms. The Morgan fingerprint density at radius 2 is 1.71 bits per heavy atom. The number of pyridine rings is 1. The molecule has 0 aliphatic rings. The summed E-state index contributed by atoms with van der Waals surface area (Å²) in [5.41, 5.74) is 4.91. The van der Waals surface area contributed by atoms with Crippen LogP contribution in [-0.2, 0) is 14.1 Å². The van der Waals surface area contributed by atoms with Crippen LogP contribution in [0.1, 0.15) is 54.2 Å². The molecule has 0 aliphatic carbocycles.